The van der Waals surface area contributed by atoms with Gasteiger partial charge in [-0.3, -0.25) is 4.68 Å². The zero-order valence-corrected chi connectivity index (χ0v) is 14.2. The first-order chi connectivity index (χ1) is 9.24. The first-order valence-electron chi connectivity index (χ1n) is 7.69. The zero-order valence-electron chi connectivity index (χ0n) is 12.6. The Labute approximate surface area is 126 Å². The molecule has 0 radical (unpaired) electrons. The van der Waals surface area contributed by atoms with Gasteiger partial charge in [0.1, 0.15) is 0 Å². The quantitative estimate of drug-likeness (QED) is 0.632. The molecule has 0 fully saturated rings. The minimum absolute atomic E-state index is 0.425. The fourth-order valence-corrected chi connectivity index (χ4v) is 2.97. The number of aryl methyl sites for hydroxylation is 1. The van der Waals surface area contributed by atoms with Crippen LogP contribution in [0.3, 0.4) is 0 Å². The van der Waals surface area contributed by atoms with Crippen LogP contribution >= 0.6 is 15.9 Å². The van der Waals surface area contributed by atoms with Gasteiger partial charge in [-0.15, -0.1) is 0 Å². The van der Waals surface area contributed by atoms with Gasteiger partial charge in [0.2, 0.25) is 0 Å². The first-order valence-corrected chi connectivity index (χ1v) is 8.48. The molecule has 0 amide bonds. The van der Waals surface area contributed by atoms with E-state index in [1.807, 2.05) is 6.20 Å². The maximum atomic E-state index is 4.44. The molecule has 1 unspecified atom stereocenters. The van der Waals surface area contributed by atoms with Crippen LogP contribution in [0.5, 0.6) is 0 Å². The number of hydrogen-bond acceptors (Lipinski definition) is 2. The second kappa shape index (κ2) is 9.54. The van der Waals surface area contributed by atoms with Crippen LogP contribution in [0.25, 0.3) is 0 Å². The highest BCUT2D eigenvalue weighted by Crippen LogP contribution is 2.27. The molecule has 1 heterocycles. The summed E-state index contributed by atoms with van der Waals surface area (Å²) in [5, 5.41) is 8.11. The fourth-order valence-electron chi connectivity index (χ4n) is 2.40. The Balaban J connectivity index is 2.68. The summed E-state index contributed by atoms with van der Waals surface area (Å²) >= 11 is 3.65. The van der Waals surface area contributed by atoms with Gasteiger partial charge in [-0.05, 0) is 42.2 Å². The number of nitrogens with zero attached hydrogens (tertiary/aromatic N) is 2. The topological polar surface area (TPSA) is 29.9 Å². The highest BCUT2D eigenvalue weighted by atomic mass is 79.9. The normalized spacial score (nSPS) is 12.8. The van der Waals surface area contributed by atoms with E-state index in [0.29, 0.717) is 6.04 Å². The summed E-state index contributed by atoms with van der Waals surface area (Å²) in [5.41, 5.74) is 1.31. The molecule has 3 nitrogen and oxygen atoms in total. The smallest absolute Gasteiger partial charge is 0.0695 e. The second-order valence-corrected chi connectivity index (χ2v) is 5.90. The summed E-state index contributed by atoms with van der Waals surface area (Å²) in [5.74, 6) is 0. The van der Waals surface area contributed by atoms with Gasteiger partial charge in [0.15, 0.2) is 0 Å². The number of aromatic nitrogens is 2. The van der Waals surface area contributed by atoms with Gasteiger partial charge in [0.05, 0.1) is 22.4 Å². The van der Waals surface area contributed by atoms with Gasteiger partial charge >= 0.3 is 0 Å². The van der Waals surface area contributed by atoms with Gasteiger partial charge in [0.25, 0.3) is 0 Å². The van der Waals surface area contributed by atoms with Crippen molar-refractivity contribution in [2.45, 2.75) is 71.9 Å². The Kier molecular flexibility index (Phi) is 8.38. The summed E-state index contributed by atoms with van der Waals surface area (Å²) in [4.78, 5) is 0. The molecule has 1 aromatic rings. The molecule has 0 aliphatic rings. The van der Waals surface area contributed by atoms with E-state index >= 15 is 0 Å². The largest absolute Gasteiger partial charge is 0.309 e. The van der Waals surface area contributed by atoms with Crippen molar-refractivity contribution in [1.82, 2.24) is 15.1 Å². The molecule has 0 aliphatic carbocycles. The Morgan fingerprint density at radius 1 is 1.21 bits per heavy atom. The maximum absolute atomic E-state index is 4.44. The molecular weight excluding hydrogens is 302 g/mol. The van der Waals surface area contributed by atoms with E-state index in [2.05, 4.69) is 51.8 Å². The van der Waals surface area contributed by atoms with Crippen molar-refractivity contribution in [1.29, 1.82) is 0 Å². The number of rotatable bonds is 10. The van der Waals surface area contributed by atoms with Crippen LogP contribution in [-0.2, 0) is 6.54 Å². The van der Waals surface area contributed by atoms with Gasteiger partial charge in [-0.2, -0.15) is 5.10 Å². The predicted octanol–water partition coefficient (Wildman–Crippen LogP) is 4.68. The Bertz CT molecular complexity index is 349. The minimum atomic E-state index is 0.425. The average molecular weight is 330 g/mol. The molecule has 0 bridgehead atoms. The van der Waals surface area contributed by atoms with Crippen molar-refractivity contribution in [2.24, 2.45) is 0 Å². The third-order valence-electron chi connectivity index (χ3n) is 3.45. The molecular formula is C15H28BrN3. The molecule has 110 valence electrons. The predicted molar refractivity (Wildman–Crippen MR) is 85.4 cm³/mol. The molecule has 0 aromatic carbocycles. The molecule has 1 rings (SSSR count). The van der Waals surface area contributed by atoms with Crippen LogP contribution in [0, 0.1) is 0 Å². The molecule has 0 spiro atoms. The van der Waals surface area contributed by atoms with Crippen LogP contribution in [0.4, 0.5) is 0 Å². The number of nitrogens with one attached hydrogen (secondary N) is 1. The standard InChI is InChI=1S/C15H28BrN3/c1-4-7-8-9-10-14(17-11-5-2)15-13(16)12-18-19(15)6-3/h12,14,17H,4-11H2,1-3H3. The first kappa shape index (κ1) is 16.7. The Hall–Kier alpha value is -0.350. The van der Waals surface area contributed by atoms with E-state index in [-0.39, 0.29) is 0 Å². The minimum Gasteiger partial charge on any atom is -0.309 e. The number of unbranched alkanes of at least 4 members (excludes halogenated alkanes) is 3. The Morgan fingerprint density at radius 2 is 2.00 bits per heavy atom. The van der Waals surface area contributed by atoms with E-state index in [1.54, 1.807) is 0 Å². The summed E-state index contributed by atoms with van der Waals surface area (Å²) in [6.07, 6.45) is 9.55. The van der Waals surface area contributed by atoms with Gasteiger partial charge in [0, 0.05) is 6.54 Å². The maximum Gasteiger partial charge on any atom is 0.0695 e. The SMILES string of the molecule is CCCCCCC(NCCC)c1c(Br)cnn1CC. The van der Waals surface area contributed by atoms with E-state index in [4.69, 9.17) is 0 Å². The molecule has 19 heavy (non-hydrogen) atoms. The van der Waals surface area contributed by atoms with E-state index < -0.39 is 0 Å². The van der Waals surface area contributed by atoms with Crippen molar-refractivity contribution in [2.75, 3.05) is 6.54 Å². The van der Waals surface area contributed by atoms with Crippen LogP contribution < -0.4 is 5.32 Å². The molecule has 0 aliphatic heterocycles. The molecule has 1 atom stereocenters. The third kappa shape index (κ3) is 5.27. The van der Waals surface area contributed by atoms with Crippen molar-refractivity contribution in [3.8, 4) is 0 Å². The molecule has 1 aromatic heterocycles. The fraction of sp³-hybridized carbons (Fsp3) is 0.800. The monoisotopic (exact) mass is 329 g/mol. The summed E-state index contributed by atoms with van der Waals surface area (Å²) in [7, 11) is 0. The van der Waals surface area contributed by atoms with E-state index in [1.165, 1.54) is 44.2 Å². The van der Waals surface area contributed by atoms with Crippen molar-refractivity contribution >= 4 is 15.9 Å². The number of hydrogen-bond donors (Lipinski definition) is 1. The highest BCUT2D eigenvalue weighted by Gasteiger charge is 2.18. The lowest BCUT2D eigenvalue weighted by Gasteiger charge is -2.20. The summed E-state index contributed by atoms with van der Waals surface area (Å²) in [6.45, 7) is 8.62. The van der Waals surface area contributed by atoms with Crippen LogP contribution in [-0.4, -0.2) is 16.3 Å². The average Bonchev–Trinajstić information content (AvgIpc) is 2.79. The lowest BCUT2D eigenvalue weighted by Crippen LogP contribution is -2.25. The molecule has 4 heteroatoms. The molecule has 1 N–H and O–H groups in total. The van der Waals surface area contributed by atoms with Gasteiger partial charge < -0.3 is 5.32 Å². The summed E-state index contributed by atoms with van der Waals surface area (Å²) < 4.78 is 3.25. The van der Waals surface area contributed by atoms with Gasteiger partial charge in [-0.1, -0.05) is 39.5 Å². The third-order valence-corrected chi connectivity index (χ3v) is 4.06. The van der Waals surface area contributed by atoms with Crippen LogP contribution in [0.1, 0.15) is 71.0 Å². The summed E-state index contributed by atoms with van der Waals surface area (Å²) in [6, 6.07) is 0.425. The molecule has 0 saturated carbocycles. The van der Waals surface area contributed by atoms with Crippen LogP contribution in [0.2, 0.25) is 0 Å². The number of halogens is 1. The van der Waals surface area contributed by atoms with Crippen molar-refractivity contribution in [3.05, 3.63) is 16.4 Å². The van der Waals surface area contributed by atoms with Crippen LogP contribution in [0.15, 0.2) is 10.7 Å². The van der Waals surface area contributed by atoms with E-state index in [9.17, 15) is 0 Å². The molecule has 0 saturated heterocycles. The van der Waals surface area contributed by atoms with E-state index in [0.717, 1.165) is 17.6 Å². The van der Waals surface area contributed by atoms with Crippen molar-refractivity contribution < 1.29 is 0 Å². The van der Waals surface area contributed by atoms with Crippen molar-refractivity contribution in [3.63, 3.8) is 0 Å². The lowest BCUT2D eigenvalue weighted by atomic mass is 10.0. The van der Waals surface area contributed by atoms with Gasteiger partial charge in [-0.25, -0.2) is 0 Å². The highest BCUT2D eigenvalue weighted by molar-refractivity contribution is 9.10. The Morgan fingerprint density at radius 3 is 2.63 bits per heavy atom. The zero-order chi connectivity index (χ0) is 14.1. The lowest BCUT2D eigenvalue weighted by molar-refractivity contribution is 0.435. The second-order valence-electron chi connectivity index (χ2n) is 5.05.